The summed E-state index contributed by atoms with van der Waals surface area (Å²) in [7, 11) is 0. The molecule has 0 spiro atoms. The summed E-state index contributed by atoms with van der Waals surface area (Å²) < 4.78 is 7.63. The van der Waals surface area contributed by atoms with Crippen LogP contribution in [0.25, 0.3) is 22.6 Å². The van der Waals surface area contributed by atoms with E-state index in [1.165, 1.54) is 0 Å². The quantitative estimate of drug-likeness (QED) is 0.458. The summed E-state index contributed by atoms with van der Waals surface area (Å²) in [6.45, 7) is 1.53. The molecule has 2 N–H and O–H groups in total. The van der Waals surface area contributed by atoms with Crippen molar-refractivity contribution in [1.82, 2.24) is 25.0 Å². The molecule has 2 aromatic carbocycles. The van der Waals surface area contributed by atoms with Gasteiger partial charge in [-0.1, -0.05) is 48.5 Å². The van der Waals surface area contributed by atoms with E-state index < -0.39 is 0 Å². The number of ether oxygens (including phenoxy) is 1. The number of H-pyrrole nitrogens is 1. The third-order valence-corrected chi connectivity index (χ3v) is 4.52. The Labute approximate surface area is 169 Å². The van der Waals surface area contributed by atoms with Gasteiger partial charge in [-0.3, -0.25) is 5.10 Å². The first-order valence-corrected chi connectivity index (χ1v) is 9.60. The second-order valence-electron chi connectivity index (χ2n) is 6.68. The van der Waals surface area contributed by atoms with Crippen molar-refractivity contribution in [3.63, 3.8) is 0 Å². The molecule has 4 aromatic rings. The van der Waals surface area contributed by atoms with Crippen LogP contribution < -0.4 is 0 Å². The fourth-order valence-corrected chi connectivity index (χ4v) is 3.12. The van der Waals surface area contributed by atoms with Crippen molar-refractivity contribution in [2.24, 2.45) is 0 Å². The maximum Gasteiger partial charge on any atom is 0.176 e. The van der Waals surface area contributed by atoms with E-state index in [2.05, 4.69) is 21.4 Å². The second-order valence-corrected chi connectivity index (χ2v) is 6.68. The number of hydrogen-bond acceptors (Lipinski definition) is 5. The lowest BCUT2D eigenvalue weighted by Gasteiger charge is -2.06. The van der Waals surface area contributed by atoms with Crippen molar-refractivity contribution in [1.29, 1.82) is 0 Å². The largest absolute Gasteiger partial charge is 0.396 e. The van der Waals surface area contributed by atoms with Crippen LogP contribution in [0.15, 0.2) is 66.9 Å². The molecule has 0 saturated carbocycles. The summed E-state index contributed by atoms with van der Waals surface area (Å²) in [5, 5.41) is 20.8. The van der Waals surface area contributed by atoms with Crippen LogP contribution in [0.4, 0.5) is 0 Å². The number of nitrogens with one attached hydrogen (secondary N) is 1. The Morgan fingerprint density at radius 1 is 0.966 bits per heavy atom. The van der Waals surface area contributed by atoms with Gasteiger partial charge in [0, 0.05) is 30.5 Å². The van der Waals surface area contributed by atoms with Crippen LogP contribution in [0.3, 0.4) is 0 Å². The molecule has 29 heavy (non-hydrogen) atoms. The molecule has 0 bridgehead atoms. The van der Waals surface area contributed by atoms with Crippen LogP contribution in [-0.4, -0.2) is 36.7 Å². The molecule has 0 unspecified atom stereocenters. The van der Waals surface area contributed by atoms with Crippen molar-refractivity contribution >= 4 is 0 Å². The molecular weight excluding hydrogens is 366 g/mol. The van der Waals surface area contributed by atoms with Gasteiger partial charge in [0.05, 0.1) is 12.3 Å². The molecule has 0 aliphatic rings. The molecule has 0 atom stereocenters. The molecule has 0 fully saturated rings. The first kappa shape index (κ1) is 19.0. The van der Waals surface area contributed by atoms with E-state index in [4.69, 9.17) is 9.72 Å². The molecule has 0 aliphatic carbocycles. The van der Waals surface area contributed by atoms with E-state index >= 15 is 0 Å². The van der Waals surface area contributed by atoms with Gasteiger partial charge in [-0.05, 0) is 24.1 Å². The minimum atomic E-state index is 0.104. The van der Waals surface area contributed by atoms with Crippen molar-refractivity contribution in [3.8, 4) is 22.6 Å². The molecule has 0 amide bonds. The van der Waals surface area contributed by atoms with Crippen LogP contribution in [0.1, 0.15) is 17.8 Å². The van der Waals surface area contributed by atoms with Gasteiger partial charge in [0.25, 0.3) is 0 Å². The Hall–Kier alpha value is -3.29. The van der Waals surface area contributed by atoms with Gasteiger partial charge in [-0.25, -0.2) is 9.67 Å². The molecular formula is C22H23N5O2. The number of aliphatic hydroxyl groups is 1. The minimum absolute atomic E-state index is 0.104. The first-order chi connectivity index (χ1) is 14.3. The van der Waals surface area contributed by atoms with Crippen LogP contribution in [0.5, 0.6) is 0 Å². The topological polar surface area (TPSA) is 88.8 Å². The number of hydrogen-bond donors (Lipinski definition) is 2. The molecule has 0 saturated heterocycles. The van der Waals surface area contributed by atoms with Gasteiger partial charge in [-0.15, -0.1) is 0 Å². The predicted molar refractivity (Wildman–Crippen MR) is 110 cm³/mol. The summed E-state index contributed by atoms with van der Waals surface area (Å²) in [6, 6.07) is 20.0. The van der Waals surface area contributed by atoms with Gasteiger partial charge in [0.15, 0.2) is 11.6 Å². The number of benzene rings is 2. The fraction of sp³-hybridized carbons (Fsp3) is 0.227. The van der Waals surface area contributed by atoms with Gasteiger partial charge in [0.1, 0.15) is 6.61 Å². The standard InChI is InChI=1S/C22H23N5O2/c28-13-5-12-27-22(19-9-4-8-18(14-19)20-10-11-23-25-20)24-21(26-27)16-29-15-17-6-2-1-3-7-17/h1-4,6-11,14,28H,5,12-13,15-16H2,(H,23,25). The summed E-state index contributed by atoms with van der Waals surface area (Å²) >= 11 is 0. The lowest BCUT2D eigenvalue weighted by molar-refractivity contribution is 0.101. The molecule has 4 rings (SSSR count). The number of nitrogens with zero attached hydrogens (tertiary/aromatic N) is 4. The lowest BCUT2D eigenvalue weighted by atomic mass is 10.1. The number of aryl methyl sites for hydroxylation is 1. The lowest BCUT2D eigenvalue weighted by Crippen LogP contribution is -2.05. The Bertz CT molecular complexity index is 1030. The van der Waals surface area contributed by atoms with E-state index in [0.29, 0.717) is 32.0 Å². The molecule has 0 radical (unpaired) electrons. The minimum Gasteiger partial charge on any atom is -0.396 e. The zero-order chi connectivity index (χ0) is 19.9. The Balaban J connectivity index is 1.54. The molecule has 148 valence electrons. The van der Waals surface area contributed by atoms with Crippen LogP contribution in [0, 0.1) is 0 Å². The van der Waals surface area contributed by atoms with Gasteiger partial charge >= 0.3 is 0 Å². The Morgan fingerprint density at radius 2 is 1.83 bits per heavy atom. The second kappa shape index (κ2) is 9.27. The zero-order valence-electron chi connectivity index (χ0n) is 16.0. The molecule has 2 aromatic heterocycles. The molecule has 7 nitrogen and oxygen atoms in total. The smallest absolute Gasteiger partial charge is 0.176 e. The van der Waals surface area contributed by atoms with Gasteiger partial charge in [-0.2, -0.15) is 10.2 Å². The fourth-order valence-electron chi connectivity index (χ4n) is 3.12. The number of rotatable bonds is 9. The number of aliphatic hydroxyl groups excluding tert-OH is 1. The van der Waals surface area contributed by atoms with E-state index in [-0.39, 0.29) is 6.61 Å². The van der Waals surface area contributed by atoms with E-state index in [1.54, 1.807) is 6.20 Å². The van der Waals surface area contributed by atoms with Crippen LogP contribution in [-0.2, 0) is 24.5 Å². The highest BCUT2D eigenvalue weighted by molar-refractivity contribution is 5.67. The average Bonchev–Trinajstić information content (AvgIpc) is 3.44. The highest BCUT2D eigenvalue weighted by Crippen LogP contribution is 2.24. The summed E-state index contributed by atoms with van der Waals surface area (Å²) in [6.07, 6.45) is 2.34. The Kier molecular flexibility index (Phi) is 6.09. The predicted octanol–water partition coefficient (Wildman–Crippen LogP) is 3.43. The normalized spacial score (nSPS) is 11.1. The van der Waals surface area contributed by atoms with E-state index in [0.717, 1.165) is 28.2 Å². The Morgan fingerprint density at radius 3 is 2.62 bits per heavy atom. The summed E-state index contributed by atoms with van der Waals surface area (Å²) in [5.41, 5.74) is 4.04. The zero-order valence-corrected chi connectivity index (χ0v) is 16.0. The molecule has 7 heteroatoms. The van der Waals surface area contributed by atoms with Crippen molar-refractivity contribution in [2.45, 2.75) is 26.2 Å². The highest BCUT2D eigenvalue weighted by Gasteiger charge is 2.13. The highest BCUT2D eigenvalue weighted by atomic mass is 16.5. The third-order valence-electron chi connectivity index (χ3n) is 4.52. The monoisotopic (exact) mass is 389 g/mol. The molecule has 0 aliphatic heterocycles. The van der Waals surface area contributed by atoms with E-state index in [9.17, 15) is 5.11 Å². The maximum absolute atomic E-state index is 9.24. The number of aromatic amines is 1. The van der Waals surface area contributed by atoms with Crippen molar-refractivity contribution in [3.05, 3.63) is 78.2 Å². The van der Waals surface area contributed by atoms with E-state index in [1.807, 2.05) is 59.3 Å². The SMILES string of the molecule is OCCCn1nc(COCc2ccccc2)nc1-c1cccc(-c2ccn[nH]2)c1. The molecule has 2 heterocycles. The van der Waals surface area contributed by atoms with Crippen molar-refractivity contribution in [2.75, 3.05) is 6.61 Å². The maximum atomic E-state index is 9.24. The third kappa shape index (κ3) is 4.77. The average molecular weight is 389 g/mol. The first-order valence-electron chi connectivity index (χ1n) is 9.60. The van der Waals surface area contributed by atoms with Crippen molar-refractivity contribution < 1.29 is 9.84 Å². The summed E-state index contributed by atoms with van der Waals surface area (Å²) in [4.78, 5) is 4.71. The van der Waals surface area contributed by atoms with Crippen LogP contribution >= 0.6 is 0 Å². The van der Waals surface area contributed by atoms with Crippen LogP contribution in [0.2, 0.25) is 0 Å². The number of aromatic nitrogens is 5. The van der Waals surface area contributed by atoms with Gasteiger partial charge in [0.2, 0.25) is 0 Å². The van der Waals surface area contributed by atoms with Gasteiger partial charge < -0.3 is 9.84 Å². The summed E-state index contributed by atoms with van der Waals surface area (Å²) in [5.74, 6) is 1.39.